The van der Waals surface area contributed by atoms with Gasteiger partial charge in [-0.15, -0.1) is 0 Å². The van der Waals surface area contributed by atoms with Crippen molar-refractivity contribution in [3.05, 3.63) is 86.8 Å². The van der Waals surface area contributed by atoms with Crippen LogP contribution < -0.4 is 0 Å². The second-order valence-corrected chi connectivity index (χ2v) is 10.9. The van der Waals surface area contributed by atoms with Crippen molar-refractivity contribution >= 4 is 46.2 Å². The normalized spacial score (nSPS) is 19.1. The minimum atomic E-state index is -0.389. The molecule has 4 nitrogen and oxygen atoms in total. The molecule has 5 rings (SSSR count). The highest BCUT2D eigenvalue weighted by Gasteiger charge is 2.39. The maximum atomic E-state index is 14.4. The van der Waals surface area contributed by atoms with E-state index in [-0.39, 0.29) is 23.5 Å². The molecule has 1 amide bonds. The number of thioether (sulfide) groups is 1. The molecule has 2 aliphatic rings. The Morgan fingerprint density at radius 2 is 1.81 bits per heavy atom. The number of amides is 1. The van der Waals surface area contributed by atoms with Gasteiger partial charge in [-0.2, -0.15) is 0 Å². The van der Waals surface area contributed by atoms with Crippen LogP contribution in [0.1, 0.15) is 54.6 Å². The van der Waals surface area contributed by atoms with Crippen LogP contribution >= 0.6 is 23.4 Å². The third-order valence-electron chi connectivity index (χ3n) is 7.08. The van der Waals surface area contributed by atoms with Crippen LogP contribution in [0.5, 0.6) is 0 Å². The average Bonchev–Trinajstić information content (AvgIpc) is 3.32. The van der Waals surface area contributed by atoms with Gasteiger partial charge in [0.1, 0.15) is 11.5 Å². The minimum absolute atomic E-state index is 0.0503. The standard InChI is InChI=1S/C29H29ClFN3OS/c1-18-16-21(20(3)33(18)26-15-9-12-23(30)19(26)2)17-27-28(35)34(22-10-5-4-6-11-22)29(36-27)32-25-14-8-7-13-24(25)31/h7-9,12-17,22H,4-6,10-11H2,1-3H3/b27-17-,32-29?. The monoisotopic (exact) mass is 521 g/mol. The number of rotatable bonds is 4. The van der Waals surface area contributed by atoms with Crippen molar-refractivity contribution in [1.82, 2.24) is 9.47 Å². The third kappa shape index (κ3) is 4.64. The summed E-state index contributed by atoms with van der Waals surface area (Å²) < 4.78 is 16.6. The molecular weight excluding hydrogens is 493 g/mol. The van der Waals surface area contributed by atoms with Gasteiger partial charge in [-0.1, -0.05) is 49.1 Å². The van der Waals surface area contributed by atoms with Crippen LogP contribution in [-0.4, -0.2) is 26.6 Å². The molecule has 1 aliphatic carbocycles. The molecule has 7 heteroatoms. The van der Waals surface area contributed by atoms with Crippen LogP contribution in [0, 0.1) is 26.6 Å². The number of benzene rings is 2. The summed E-state index contributed by atoms with van der Waals surface area (Å²) in [7, 11) is 0. The zero-order valence-corrected chi connectivity index (χ0v) is 22.3. The molecular formula is C29H29ClFN3OS. The highest BCUT2D eigenvalue weighted by atomic mass is 35.5. The predicted octanol–water partition coefficient (Wildman–Crippen LogP) is 8.13. The fourth-order valence-electron chi connectivity index (χ4n) is 5.16. The van der Waals surface area contributed by atoms with Crippen molar-refractivity contribution in [1.29, 1.82) is 0 Å². The Hall–Kier alpha value is -2.83. The molecule has 0 N–H and O–H groups in total. The van der Waals surface area contributed by atoms with E-state index in [0.717, 1.165) is 58.9 Å². The Bertz CT molecular complexity index is 1390. The van der Waals surface area contributed by atoms with Gasteiger partial charge in [-0.25, -0.2) is 9.38 Å². The molecule has 0 unspecified atom stereocenters. The molecule has 1 aromatic heterocycles. The van der Waals surface area contributed by atoms with E-state index in [1.807, 2.05) is 30.0 Å². The predicted molar refractivity (Wildman–Crippen MR) is 148 cm³/mol. The lowest BCUT2D eigenvalue weighted by Gasteiger charge is -2.30. The van der Waals surface area contributed by atoms with E-state index < -0.39 is 0 Å². The molecule has 0 atom stereocenters. The highest BCUT2D eigenvalue weighted by molar-refractivity contribution is 8.18. The summed E-state index contributed by atoms with van der Waals surface area (Å²) in [4.78, 5) is 20.7. The quantitative estimate of drug-likeness (QED) is 0.325. The molecule has 2 heterocycles. The van der Waals surface area contributed by atoms with Gasteiger partial charge in [0.2, 0.25) is 0 Å². The van der Waals surface area contributed by atoms with Crippen molar-refractivity contribution in [2.45, 2.75) is 58.9 Å². The fraction of sp³-hybridized carbons (Fsp3) is 0.310. The van der Waals surface area contributed by atoms with E-state index in [1.165, 1.54) is 24.2 Å². The summed E-state index contributed by atoms with van der Waals surface area (Å²) >= 11 is 7.73. The van der Waals surface area contributed by atoms with Gasteiger partial charge in [0.15, 0.2) is 5.17 Å². The van der Waals surface area contributed by atoms with Crippen molar-refractivity contribution in [3.8, 4) is 5.69 Å². The summed E-state index contributed by atoms with van der Waals surface area (Å²) in [6, 6.07) is 14.5. The van der Waals surface area contributed by atoms with Crippen LogP contribution in [0.4, 0.5) is 10.1 Å². The maximum Gasteiger partial charge on any atom is 0.267 e. The molecule has 3 aromatic rings. The Morgan fingerprint density at radius 3 is 2.56 bits per heavy atom. The Balaban J connectivity index is 1.55. The first kappa shape index (κ1) is 24.8. The zero-order valence-electron chi connectivity index (χ0n) is 20.7. The van der Waals surface area contributed by atoms with Crippen LogP contribution in [0.2, 0.25) is 5.02 Å². The number of amidine groups is 1. The number of carbonyl (C=O) groups is 1. The van der Waals surface area contributed by atoms with E-state index >= 15 is 0 Å². The van der Waals surface area contributed by atoms with Gasteiger partial charge >= 0.3 is 0 Å². The van der Waals surface area contributed by atoms with E-state index in [0.29, 0.717) is 10.1 Å². The maximum absolute atomic E-state index is 14.4. The van der Waals surface area contributed by atoms with Gasteiger partial charge in [0.05, 0.1) is 4.91 Å². The number of nitrogens with zero attached hydrogens (tertiary/aromatic N) is 3. The van der Waals surface area contributed by atoms with E-state index in [4.69, 9.17) is 11.6 Å². The van der Waals surface area contributed by atoms with Gasteiger partial charge in [-0.3, -0.25) is 9.69 Å². The summed E-state index contributed by atoms with van der Waals surface area (Å²) in [6.45, 7) is 6.12. The van der Waals surface area contributed by atoms with Crippen LogP contribution in [-0.2, 0) is 4.79 Å². The van der Waals surface area contributed by atoms with E-state index in [9.17, 15) is 9.18 Å². The van der Waals surface area contributed by atoms with Crippen LogP contribution in [0.15, 0.2) is 58.4 Å². The first-order valence-corrected chi connectivity index (χ1v) is 13.6. The number of hydrogen-bond donors (Lipinski definition) is 0. The highest BCUT2D eigenvalue weighted by Crippen LogP contribution is 2.39. The number of para-hydroxylation sites is 1. The Kier molecular flexibility index (Phi) is 7.09. The number of aryl methyl sites for hydroxylation is 1. The minimum Gasteiger partial charge on any atom is -0.318 e. The first-order chi connectivity index (χ1) is 17.3. The molecule has 186 valence electrons. The molecule has 0 spiro atoms. The van der Waals surface area contributed by atoms with Gasteiger partial charge < -0.3 is 4.57 Å². The SMILES string of the molecule is Cc1c(Cl)cccc1-n1c(C)cc(/C=C2\SC(=Nc3ccccc3F)N(C3CCCCC3)C2=O)c1C. The first-order valence-electron chi connectivity index (χ1n) is 12.4. The van der Waals surface area contributed by atoms with Gasteiger partial charge in [-0.05, 0) is 92.9 Å². The number of aliphatic imine (C=N–C) groups is 1. The van der Waals surface area contributed by atoms with Crippen LogP contribution in [0.25, 0.3) is 11.8 Å². The summed E-state index contributed by atoms with van der Waals surface area (Å²) in [5.74, 6) is -0.440. The van der Waals surface area contributed by atoms with E-state index in [1.54, 1.807) is 18.2 Å². The average molecular weight is 522 g/mol. The summed E-state index contributed by atoms with van der Waals surface area (Å²) in [5, 5.41) is 1.28. The number of carbonyl (C=O) groups excluding carboxylic acids is 1. The smallest absolute Gasteiger partial charge is 0.267 e. The Morgan fingerprint density at radius 1 is 1.06 bits per heavy atom. The van der Waals surface area contributed by atoms with Crippen molar-refractivity contribution < 1.29 is 9.18 Å². The van der Waals surface area contributed by atoms with Crippen LogP contribution in [0.3, 0.4) is 0 Å². The number of halogens is 2. The second kappa shape index (κ2) is 10.3. The molecule has 0 bridgehead atoms. The molecule has 1 aliphatic heterocycles. The molecule has 1 saturated heterocycles. The van der Waals surface area contributed by atoms with Gasteiger partial charge in [0.25, 0.3) is 5.91 Å². The summed E-state index contributed by atoms with van der Waals surface area (Å²) in [5.41, 5.74) is 5.35. The fourth-order valence-corrected chi connectivity index (χ4v) is 6.37. The zero-order chi connectivity index (χ0) is 25.4. The van der Waals surface area contributed by atoms with Gasteiger partial charge in [0, 0.05) is 28.1 Å². The van der Waals surface area contributed by atoms with Crippen molar-refractivity contribution in [2.24, 2.45) is 4.99 Å². The van der Waals surface area contributed by atoms with E-state index in [2.05, 4.69) is 35.5 Å². The van der Waals surface area contributed by atoms with Crippen molar-refractivity contribution in [3.63, 3.8) is 0 Å². The molecule has 0 radical (unpaired) electrons. The lowest BCUT2D eigenvalue weighted by atomic mass is 9.94. The number of aromatic nitrogens is 1. The lowest BCUT2D eigenvalue weighted by Crippen LogP contribution is -2.40. The molecule has 2 aromatic carbocycles. The third-order valence-corrected chi connectivity index (χ3v) is 8.47. The lowest BCUT2D eigenvalue weighted by molar-refractivity contribution is -0.124. The Labute approximate surface area is 220 Å². The topological polar surface area (TPSA) is 37.6 Å². The molecule has 36 heavy (non-hydrogen) atoms. The molecule has 2 fully saturated rings. The number of hydrogen-bond acceptors (Lipinski definition) is 3. The largest absolute Gasteiger partial charge is 0.318 e. The van der Waals surface area contributed by atoms with Crippen molar-refractivity contribution in [2.75, 3.05) is 0 Å². The second-order valence-electron chi connectivity index (χ2n) is 9.47. The molecule has 1 saturated carbocycles. The summed E-state index contributed by atoms with van der Waals surface area (Å²) in [6.07, 6.45) is 7.20.